The number of esters is 1. The lowest BCUT2D eigenvalue weighted by Crippen LogP contribution is -2.06. The first kappa shape index (κ1) is 20.7. The molecule has 4 aromatic rings. The molecule has 4 nitrogen and oxygen atoms in total. The molecule has 7 heteroatoms. The molecule has 0 amide bonds. The maximum atomic E-state index is 13.2. The number of rotatable bonds is 4. The molecule has 31 heavy (non-hydrogen) atoms. The van der Waals surface area contributed by atoms with E-state index in [-0.39, 0.29) is 12.1 Å². The minimum atomic E-state index is -4.47. The van der Waals surface area contributed by atoms with Crippen molar-refractivity contribution < 1.29 is 22.7 Å². The first-order valence-electron chi connectivity index (χ1n) is 9.72. The summed E-state index contributed by atoms with van der Waals surface area (Å²) in [6.07, 6.45) is -4.47. The Morgan fingerprint density at radius 2 is 1.77 bits per heavy atom. The summed E-state index contributed by atoms with van der Waals surface area (Å²) in [7, 11) is 0. The van der Waals surface area contributed by atoms with Gasteiger partial charge in [0.05, 0.1) is 28.8 Å². The van der Waals surface area contributed by atoms with Gasteiger partial charge in [0.1, 0.15) is 5.82 Å². The van der Waals surface area contributed by atoms with Crippen molar-refractivity contribution in [2.24, 2.45) is 0 Å². The average Bonchev–Trinajstić information content (AvgIpc) is 3.12. The minimum absolute atomic E-state index is 0.215. The number of carbonyl (C=O) groups is 1. The number of nitrogens with zero attached hydrogens (tertiary/aromatic N) is 2. The van der Waals surface area contributed by atoms with E-state index in [0.717, 1.165) is 23.3 Å². The summed E-state index contributed by atoms with van der Waals surface area (Å²) in [5.74, 6) is 0.0142. The molecule has 0 atom stereocenters. The Morgan fingerprint density at radius 1 is 1.03 bits per heavy atom. The number of imidazole rings is 1. The van der Waals surface area contributed by atoms with Crippen LogP contribution in [0.25, 0.3) is 28.1 Å². The fraction of sp³-hybridized carbons (Fsp3) is 0.167. The highest BCUT2D eigenvalue weighted by atomic mass is 19.4. The van der Waals surface area contributed by atoms with Gasteiger partial charge >= 0.3 is 12.1 Å². The fourth-order valence-corrected chi connectivity index (χ4v) is 3.40. The molecule has 158 valence electrons. The van der Waals surface area contributed by atoms with E-state index in [1.165, 1.54) is 6.07 Å². The molecule has 0 aliphatic rings. The Kier molecular flexibility index (Phi) is 5.27. The summed E-state index contributed by atoms with van der Waals surface area (Å²) in [6.45, 7) is 3.91. The Bertz CT molecular complexity index is 1260. The van der Waals surface area contributed by atoms with E-state index in [2.05, 4.69) is 4.98 Å². The van der Waals surface area contributed by atoms with Crippen LogP contribution in [0.15, 0.2) is 66.7 Å². The lowest BCUT2D eigenvalue weighted by Gasteiger charge is -2.12. The van der Waals surface area contributed by atoms with E-state index in [4.69, 9.17) is 4.74 Å². The summed E-state index contributed by atoms with van der Waals surface area (Å²) >= 11 is 0. The molecule has 0 fully saturated rings. The molecule has 4 rings (SSSR count). The zero-order chi connectivity index (χ0) is 22.2. The van der Waals surface area contributed by atoms with Crippen LogP contribution in [0.4, 0.5) is 13.2 Å². The van der Waals surface area contributed by atoms with Crippen molar-refractivity contribution in [1.82, 2.24) is 9.55 Å². The molecular weight excluding hydrogens is 405 g/mol. The van der Waals surface area contributed by atoms with Gasteiger partial charge in [0, 0.05) is 11.3 Å². The molecule has 3 aromatic carbocycles. The van der Waals surface area contributed by atoms with Crippen LogP contribution in [0.2, 0.25) is 0 Å². The van der Waals surface area contributed by atoms with Crippen molar-refractivity contribution in [1.29, 1.82) is 0 Å². The summed E-state index contributed by atoms with van der Waals surface area (Å²) in [4.78, 5) is 16.7. The lowest BCUT2D eigenvalue weighted by atomic mass is 10.1. The second-order valence-corrected chi connectivity index (χ2v) is 7.11. The Balaban J connectivity index is 1.96. The van der Waals surface area contributed by atoms with E-state index in [1.807, 2.05) is 31.2 Å². The normalized spacial score (nSPS) is 11.6. The number of carbonyl (C=O) groups excluding carboxylic acids is 1. The summed E-state index contributed by atoms with van der Waals surface area (Å²) in [5, 5.41) is 0. The van der Waals surface area contributed by atoms with Crippen molar-refractivity contribution >= 4 is 17.0 Å². The number of aromatic nitrogens is 2. The van der Waals surface area contributed by atoms with Gasteiger partial charge in [-0.2, -0.15) is 13.2 Å². The molecule has 0 radical (unpaired) electrons. The predicted molar refractivity (Wildman–Crippen MR) is 112 cm³/mol. The number of benzene rings is 3. The Labute approximate surface area is 176 Å². The molecule has 0 N–H and O–H groups in total. The van der Waals surface area contributed by atoms with E-state index >= 15 is 0 Å². The van der Waals surface area contributed by atoms with E-state index in [1.54, 1.807) is 35.8 Å². The van der Waals surface area contributed by atoms with Gasteiger partial charge in [-0.05, 0) is 50.2 Å². The van der Waals surface area contributed by atoms with Gasteiger partial charge in [-0.15, -0.1) is 0 Å². The van der Waals surface area contributed by atoms with Crippen LogP contribution >= 0.6 is 0 Å². The monoisotopic (exact) mass is 424 g/mol. The number of halogens is 3. The number of alkyl halides is 3. The van der Waals surface area contributed by atoms with Crippen molar-refractivity contribution in [3.05, 3.63) is 83.4 Å². The highest BCUT2D eigenvalue weighted by Crippen LogP contribution is 2.34. The third-order valence-electron chi connectivity index (χ3n) is 4.91. The molecule has 1 heterocycles. The van der Waals surface area contributed by atoms with Crippen molar-refractivity contribution in [3.8, 4) is 17.1 Å². The van der Waals surface area contributed by atoms with Crippen LogP contribution < -0.4 is 0 Å². The molecule has 0 saturated heterocycles. The predicted octanol–water partition coefficient (Wildman–Crippen LogP) is 6.20. The summed E-state index contributed by atoms with van der Waals surface area (Å²) in [6, 6.07) is 17.8. The number of ether oxygens (including phenoxy) is 1. The van der Waals surface area contributed by atoms with Gasteiger partial charge in [0.2, 0.25) is 0 Å². The molecule has 0 saturated carbocycles. The maximum Gasteiger partial charge on any atom is 0.416 e. The van der Waals surface area contributed by atoms with Crippen LogP contribution in [0.1, 0.15) is 28.4 Å². The van der Waals surface area contributed by atoms with E-state index in [0.29, 0.717) is 22.6 Å². The van der Waals surface area contributed by atoms with Crippen LogP contribution in [0.3, 0.4) is 0 Å². The van der Waals surface area contributed by atoms with Crippen LogP contribution in [0, 0.1) is 6.92 Å². The lowest BCUT2D eigenvalue weighted by molar-refractivity contribution is -0.137. The number of aryl methyl sites for hydroxylation is 1. The van der Waals surface area contributed by atoms with Gasteiger partial charge < -0.3 is 4.74 Å². The number of hydrogen-bond acceptors (Lipinski definition) is 3. The smallest absolute Gasteiger partial charge is 0.416 e. The highest BCUT2D eigenvalue weighted by Gasteiger charge is 2.31. The quantitative estimate of drug-likeness (QED) is 0.367. The summed E-state index contributed by atoms with van der Waals surface area (Å²) in [5.41, 5.74) is 2.70. The van der Waals surface area contributed by atoms with Crippen LogP contribution in [0.5, 0.6) is 0 Å². The first-order chi connectivity index (χ1) is 14.8. The fourth-order valence-electron chi connectivity index (χ4n) is 3.40. The van der Waals surface area contributed by atoms with E-state index < -0.39 is 17.7 Å². The first-order valence-corrected chi connectivity index (χ1v) is 9.72. The highest BCUT2D eigenvalue weighted by molar-refractivity contribution is 5.91. The average molecular weight is 424 g/mol. The minimum Gasteiger partial charge on any atom is -0.462 e. The second-order valence-electron chi connectivity index (χ2n) is 7.11. The SMILES string of the molecule is CCOC(=O)c1cccc(-n2c(-c3ccc(C)cc3)nc3cc(C(F)(F)F)ccc32)c1. The van der Waals surface area contributed by atoms with E-state index in [9.17, 15) is 18.0 Å². The zero-order valence-corrected chi connectivity index (χ0v) is 16.9. The topological polar surface area (TPSA) is 44.1 Å². The zero-order valence-electron chi connectivity index (χ0n) is 16.9. The van der Waals surface area contributed by atoms with Gasteiger partial charge in [-0.25, -0.2) is 9.78 Å². The molecule has 0 aliphatic heterocycles. The van der Waals surface area contributed by atoms with Crippen molar-refractivity contribution in [2.45, 2.75) is 20.0 Å². The van der Waals surface area contributed by atoms with Crippen LogP contribution in [-0.2, 0) is 10.9 Å². The van der Waals surface area contributed by atoms with Crippen LogP contribution in [-0.4, -0.2) is 22.1 Å². The molecule has 0 spiro atoms. The second kappa shape index (κ2) is 7.91. The third kappa shape index (κ3) is 4.03. The third-order valence-corrected chi connectivity index (χ3v) is 4.91. The maximum absolute atomic E-state index is 13.2. The Morgan fingerprint density at radius 3 is 2.45 bits per heavy atom. The van der Waals surface area contributed by atoms with Gasteiger partial charge in [-0.1, -0.05) is 35.9 Å². The molecule has 0 aliphatic carbocycles. The van der Waals surface area contributed by atoms with Gasteiger partial charge in [0.15, 0.2) is 0 Å². The summed E-state index contributed by atoms with van der Waals surface area (Å²) < 4.78 is 46.6. The standard InChI is InChI=1S/C24H19F3N2O2/c1-3-31-23(30)17-5-4-6-19(13-17)29-21-12-11-18(24(25,26)27)14-20(21)28-22(29)16-9-7-15(2)8-10-16/h4-14H,3H2,1-2H3. The molecule has 0 unspecified atom stereocenters. The molecule has 0 bridgehead atoms. The number of hydrogen-bond donors (Lipinski definition) is 0. The van der Waals surface area contributed by atoms with Crippen molar-refractivity contribution in [2.75, 3.05) is 6.61 Å². The molecular formula is C24H19F3N2O2. The molecule has 1 aromatic heterocycles. The van der Waals surface area contributed by atoms with Crippen molar-refractivity contribution in [3.63, 3.8) is 0 Å². The Hall–Kier alpha value is -3.61. The van der Waals surface area contributed by atoms with Gasteiger partial charge in [0.25, 0.3) is 0 Å². The number of fused-ring (bicyclic) bond motifs is 1. The van der Waals surface area contributed by atoms with Gasteiger partial charge in [-0.3, -0.25) is 4.57 Å². The largest absolute Gasteiger partial charge is 0.462 e.